The molecule has 2 aromatic rings. The molecule has 1 saturated heterocycles. The lowest BCUT2D eigenvalue weighted by molar-refractivity contribution is -0.128. The van der Waals surface area contributed by atoms with Crippen LogP contribution in [-0.2, 0) is 22.4 Å². The van der Waals surface area contributed by atoms with Gasteiger partial charge in [0.1, 0.15) is 5.75 Å². The van der Waals surface area contributed by atoms with Crippen LogP contribution in [0.1, 0.15) is 17.5 Å². The topological polar surface area (TPSA) is 73.9 Å². The van der Waals surface area contributed by atoms with Gasteiger partial charge in [-0.2, -0.15) is 0 Å². The van der Waals surface area contributed by atoms with Gasteiger partial charge in [0.15, 0.2) is 0 Å². The summed E-state index contributed by atoms with van der Waals surface area (Å²) in [6.45, 7) is 5.15. The summed E-state index contributed by atoms with van der Waals surface area (Å²) in [5, 5.41) is 0. The number of nitrogens with zero attached hydrogens (tertiary/aromatic N) is 2. The lowest BCUT2D eigenvalue weighted by Gasteiger charge is -2.36. The third-order valence-corrected chi connectivity index (χ3v) is 5.61. The number of carbonyl (C=O) groups excluding carboxylic acids is 2. The van der Waals surface area contributed by atoms with E-state index in [1.165, 1.54) is 5.69 Å². The second kappa shape index (κ2) is 9.63. The second-order valence-corrected chi connectivity index (χ2v) is 7.73. The highest BCUT2D eigenvalue weighted by molar-refractivity contribution is 5.83. The molecule has 4 rings (SSSR count). The second-order valence-electron chi connectivity index (χ2n) is 7.73. The number of hydrogen-bond acceptors (Lipinski definition) is 5. The number of nitrogens with one attached hydrogen (secondary N) is 2. The predicted molar refractivity (Wildman–Crippen MR) is 115 cm³/mol. The van der Waals surface area contributed by atoms with Crippen molar-refractivity contribution >= 4 is 17.5 Å². The van der Waals surface area contributed by atoms with Crippen LogP contribution in [0.15, 0.2) is 48.5 Å². The number of rotatable bonds is 6. The van der Waals surface area contributed by atoms with Gasteiger partial charge in [-0.1, -0.05) is 30.3 Å². The van der Waals surface area contributed by atoms with Gasteiger partial charge in [-0.15, -0.1) is 0 Å². The number of hydrazine groups is 1. The van der Waals surface area contributed by atoms with E-state index >= 15 is 0 Å². The molecule has 0 spiro atoms. The minimum Gasteiger partial charge on any atom is -0.493 e. The van der Waals surface area contributed by atoms with E-state index in [1.807, 2.05) is 24.3 Å². The molecule has 0 aromatic heterocycles. The number of piperazine rings is 1. The minimum absolute atomic E-state index is 0.170. The monoisotopic (exact) mass is 408 g/mol. The van der Waals surface area contributed by atoms with Gasteiger partial charge in [0.25, 0.3) is 0 Å². The van der Waals surface area contributed by atoms with Crippen molar-refractivity contribution in [2.24, 2.45) is 0 Å². The highest BCUT2D eigenvalue weighted by Gasteiger charge is 2.18. The Morgan fingerprint density at radius 3 is 2.50 bits per heavy atom. The Morgan fingerprint density at radius 1 is 0.933 bits per heavy atom. The average Bonchev–Trinajstić information content (AvgIpc) is 3.25. The Bertz CT molecular complexity index is 879. The van der Waals surface area contributed by atoms with Crippen LogP contribution in [0.3, 0.4) is 0 Å². The van der Waals surface area contributed by atoms with Crippen molar-refractivity contribution in [2.45, 2.75) is 19.3 Å². The third kappa shape index (κ3) is 5.30. The van der Waals surface area contributed by atoms with E-state index < -0.39 is 0 Å². The molecule has 2 aliphatic rings. The number of fused-ring (bicyclic) bond motifs is 1. The van der Waals surface area contributed by atoms with Crippen LogP contribution in [0.5, 0.6) is 5.75 Å². The maximum Gasteiger partial charge on any atom is 0.242 e. The molecule has 0 unspecified atom stereocenters. The molecular weight excluding hydrogens is 380 g/mol. The fraction of sp³-hybridized carbons (Fsp3) is 0.391. The van der Waals surface area contributed by atoms with E-state index in [2.05, 4.69) is 44.9 Å². The van der Waals surface area contributed by atoms with Crippen molar-refractivity contribution in [1.29, 1.82) is 0 Å². The highest BCUT2D eigenvalue weighted by atomic mass is 16.5. The summed E-state index contributed by atoms with van der Waals surface area (Å²) in [4.78, 5) is 28.9. The van der Waals surface area contributed by atoms with E-state index in [0.717, 1.165) is 49.5 Å². The molecular formula is C23H28N4O3. The molecule has 0 atom stereocenters. The van der Waals surface area contributed by atoms with Crippen molar-refractivity contribution < 1.29 is 14.3 Å². The molecule has 30 heavy (non-hydrogen) atoms. The molecule has 0 saturated carbocycles. The van der Waals surface area contributed by atoms with Crippen LogP contribution >= 0.6 is 0 Å². The summed E-state index contributed by atoms with van der Waals surface area (Å²) in [5.74, 6) is 0.506. The summed E-state index contributed by atoms with van der Waals surface area (Å²) in [6.07, 6.45) is 1.47. The van der Waals surface area contributed by atoms with Crippen LogP contribution in [0, 0.1) is 0 Å². The molecule has 158 valence electrons. The van der Waals surface area contributed by atoms with Crippen molar-refractivity contribution in [3.63, 3.8) is 0 Å². The van der Waals surface area contributed by atoms with Crippen LogP contribution < -0.4 is 20.5 Å². The summed E-state index contributed by atoms with van der Waals surface area (Å²) >= 11 is 0. The SMILES string of the molecule is O=C(CCN1CCN(c2ccccc2)CC1)NNC(=O)Cc1ccc2c(c1)CCO2. The smallest absolute Gasteiger partial charge is 0.242 e. The lowest BCUT2D eigenvalue weighted by atomic mass is 10.1. The number of hydrogen-bond donors (Lipinski definition) is 2. The molecule has 0 radical (unpaired) electrons. The highest BCUT2D eigenvalue weighted by Crippen LogP contribution is 2.25. The number of benzene rings is 2. The molecule has 2 aliphatic heterocycles. The molecule has 2 aromatic carbocycles. The zero-order valence-corrected chi connectivity index (χ0v) is 17.1. The Labute approximate surface area is 177 Å². The van der Waals surface area contributed by atoms with Gasteiger partial charge in [-0.25, -0.2) is 0 Å². The van der Waals surface area contributed by atoms with Crippen molar-refractivity contribution in [3.8, 4) is 5.75 Å². The number of anilines is 1. The Hall–Kier alpha value is -3.06. The van der Waals surface area contributed by atoms with E-state index in [-0.39, 0.29) is 18.2 Å². The largest absolute Gasteiger partial charge is 0.493 e. The summed E-state index contributed by atoms with van der Waals surface area (Å²) in [6, 6.07) is 16.2. The van der Waals surface area contributed by atoms with Crippen LogP contribution in [0.4, 0.5) is 5.69 Å². The van der Waals surface area contributed by atoms with E-state index in [4.69, 9.17) is 4.74 Å². The van der Waals surface area contributed by atoms with E-state index in [1.54, 1.807) is 0 Å². The number of ether oxygens (including phenoxy) is 1. The maximum absolute atomic E-state index is 12.1. The van der Waals surface area contributed by atoms with Gasteiger partial charge >= 0.3 is 0 Å². The molecule has 0 bridgehead atoms. The molecule has 2 heterocycles. The molecule has 1 fully saturated rings. The Morgan fingerprint density at radius 2 is 1.70 bits per heavy atom. The number of amides is 2. The van der Waals surface area contributed by atoms with E-state index in [0.29, 0.717) is 19.6 Å². The molecule has 7 nitrogen and oxygen atoms in total. The van der Waals surface area contributed by atoms with Crippen molar-refractivity contribution in [2.75, 3.05) is 44.2 Å². The first-order valence-corrected chi connectivity index (χ1v) is 10.5. The van der Waals surface area contributed by atoms with Gasteiger partial charge in [-0.3, -0.25) is 25.3 Å². The fourth-order valence-electron chi connectivity index (χ4n) is 3.91. The Balaban J connectivity index is 1.13. The summed E-state index contributed by atoms with van der Waals surface area (Å²) in [7, 11) is 0. The van der Waals surface area contributed by atoms with Crippen LogP contribution in [0.2, 0.25) is 0 Å². The van der Waals surface area contributed by atoms with Gasteiger partial charge in [-0.05, 0) is 29.3 Å². The van der Waals surface area contributed by atoms with Gasteiger partial charge in [0.05, 0.1) is 13.0 Å². The predicted octanol–water partition coefficient (Wildman–Crippen LogP) is 1.52. The molecule has 7 heteroatoms. The lowest BCUT2D eigenvalue weighted by Crippen LogP contribution is -2.48. The maximum atomic E-state index is 12.1. The van der Waals surface area contributed by atoms with Gasteiger partial charge in [0, 0.05) is 51.3 Å². The molecule has 2 amide bonds. The Kier molecular flexibility index (Phi) is 6.49. The first kappa shape index (κ1) is 20.2. The number of carbonyl (C=O) groups is 2. The normalized spacial score (nSPS) is 15.9. The number of para-hydroxylation sites is 1. The molecule has 0 aliphatic carbocycles. The van der Waals surface area contributed by atoms with Crippen LogP contribution in [0.25, 0.3) is 0 Å². The van der Waals surface area contributed by atoms with E-state index in [9.17, 15) is 9.59 Å². The zero-order chi connectivity index (χ0) is 20.8. The van der Waals surface area contributed by atoms with Gasteiger partial charge in [0.2, 0.25) is 11.8 Å². The quantitative estimate of drug-likeness (QED) is 0.709. The van der Waals surface area contributed by atoms with Crippen molar-refractivity contribution in [3.05, 3.63) is 59.7 Å². The summed E-state index contributed by atoms with van der Waals surface area (Å²) in [5.41, 5.74) is 8.35. The zero-order valence-electron chi connectivity index (χ0n) is 17.1. The third-order valence-electron chi connectivity index (χ3n) is 5.61. The summed E-state index contributed by atoms with van der Waals surface area (Å²) < 4.78 is 5.48. The molecule has 2 N–H and O–H groups in total. The average molecular weight is 409 g/mol. The minimum atomic E-state index is -0.223. The van der Waals surface area contributed by atoms with Crippen molar-refractivity contribution in [1.82, 2.24) is 15.8 Å². The standard InChI is InChI=1S/C23H28N4O3/c28-22(8-10-26-11-13-27(14-12-26)20-4-2-1-3-5-20)24-25-23(29)17-18-6-7-21-19(16-18)9-15-30-21/h1-7,16H,8-15,17H2,(H,24,28)(H,25,29). The first-order chi connectivity index (χ1) is 14.7. The first-order valence-electron chi connectivity index (χ1n) is 10.5. The van der Waals surface area contributed by atoms with Crippen LogP contribution in [-0.4, -0.2) is 56.0 Å². The van der Waals surface area contributed by atoms with Gasteiger partial charge < -0.3 is 9.64 Å². The fourth-order valence-corrected chi connectivity index (χ4v) is 3.91.